The molecule has 2 aromatic rings. The molecule has 6 heteroatoms. The van der Waals surface area contributed by atoms with E-state index in [1.165, 1.54) is 6.42 Å². The van der Waals surface area contributed by atoms with E-state index < -0.39 is 0 Å². The Morgan fingerprint density at radius 1 is 1.44 bits per heavy atom. The average molecular weight is 341 g/mol. The van der Waals surface area contributed by atoms with Gasteiger partial charge in [-0.1, -0.05) is 17.6 Å². The molecule has 132 valence electrons. The van der Waals surface area contributed by atoms with Crippen molar-refractivity contribution in [2.75, 3.05) is 19.7 Å². The van der Waals surface area contributed by atoms with E-state index in [1.54, 1.807) is 13.1 Å². The van der Waals surface area contributed by atoms with Crippen LogP contribution in [0.15, 0.2) is 28.9 Å². The van der Waals surface area contributed by atoms with Crippen LogP contribution in [0.2, 0.25) is 0 Å². The number of ether oxygens (including phenoxy) is 1. The van der Waals surface area contributed by atoms with Crippen molar-refractivity contribution < 1.29 is 14.1 Å². The molecule has 1 aliphatic carbocycles. The lowest BCUT2D eigenvalue weighted by Crippen LogP contribution is -2.36. The zero-order valence-corrected chi connectivity index (χ0v) is 14.7. The molecule has 1 aliphatic heterocycles. The lowest BCUT2D eigenvalue weighted by Gasteiger charge is -2.28. The van der Waals surface area contributed by atoms with Gasteiger partial charge in [0, 0.05) is 30.8 Å². The topological polar surface area (TPSA) is 68.5 Å². The second-order valence-electron chi connectivity index (χ2n) is 7.29. The van der Waals surface area contributed by atoms with Gasteiger partial charge in [-0.3, -0.25) is 4.79 Å². The van der Waals surface area contributed by atoms with Crippen LogP contribution in [0.25, 0.3) is 0 Å². The molecule has 0 N–H and O–H groups in total. The largest absolute Gasteiger partial charge is 0.477 e. The number of nitrogens with zero attached hydrogens (tertiary/aromatic N) is 3. The summed E-state index contributed by atoms with van der Waals surface area (Å²) >= 11 is 0. The second kappa shape index (κ2) is 6.17. The smallest absolute Gasteiger partial charge is 0.259 e. The molecule has 0 aromatic carbocycles. The summed E-state index contributed by atoms with van der Waals surface area (Å²) in [5, 5.41) is 3.92. The summed E-state index contributed by atoms with van der Waals surface area (Å²) in [6.07, 6.45) is 5.18. The van der Waals surface area contributed by atoms with E-state index >= 15 is 0 Å². The van der Waals surface area contributed by atoms with E-state index in [-0.39, 0.29) is 11.3 Å². The minimum absolute atomic E-state index is 0.0304. The number of pyridine rings is 1. The predicted molar refractivity (Wildman–Crippen MR) is 91.4 cm³/mol. The second-order valence-corrected chi connectivity index (χ2v) is 7.29. The first-order chi connectivity index (χ1) is 12.1. The van der Waals surface area contributed by atoms with Crippen molar-refractivity contribution in [1.82, 2.24) is 15.0 Å². The molecule has 2 aromatic heterocycles. The highest BCUT2D eigenvalue weighted by Crippen LogP contribution is 2.49. The third-order valence-electron chi connectivity index (χ3n) is 5.72. The first-order valence-corrected chi connectivity index (χ1v) is 8.85. The van der Waals surface area contributed by atoms with Crippen LogP contribution in [0.4, 0.5) is 0 Å². The number of amides is 1. The van der Waals surface area contributed by atoms with Gasteiger partial charge in [0.05, 0.1) is 12.3 Å². The maximum atomic E-state index is 13.0. The van der Waals surface area contributed by atoms with E-state index in [2.05, 4.69) is 10.1 Å². The number of likely N-dealkylation sites (tertiary alicyclic amines) is 1. The van der Waals surface area contributed by atoms with Gasteiger partial charge in [0.2, 0.25) is 5.88 Å². The van der Waals surface area contributed by atoms with Gasteiger partial charge in [0.25, 0.3) is 5.91 Å². The highest BCUT2D eigenvalue weighted by atomic mass is 16.5. The highest BCUT2D eigenvalue weighted by molar-refractivity contribution is 5.96. The van der Waals surface area contributed by atoms with E-state index in [0.717, 1.165) is 25.9 Å². The van der Waals surface area contributed by atoms with Gasteiger partial charge >= 0.3 is 0 Å². The fraction of sp³-hybridized carbons (Fsp3) is 0.526. The Hall–Kier alpha value is -2.37. The Balaban J connectivity index is 1.51. The molecule has 0 spiro atoms. The molecule has 1 saturated carbocycles. The number of aromatic nitrogens is 2. The molecule has 6 nitrogen and oxygen atoms in total. The van der Waals surface area contributed by atoms with Crippen LogP contribution in [0, 0.1) is 25.2 Å². The molecule has 4 rings (SSSR count). The fourth-order valence-corrected chi connectivity index (χ4v) is 4.40. The van der Waals surface area contributed by atoms with Gasteiger partial charge in [0.15, 0.2) is 0 Å². The van der Waals surface area contributed by atoms with Gasteiger partial charge in [-0.25, -0.2) is 4.98 Å². The lowest BCUT2D eigenvalue weighted by atomic mass is 9.81. The molecular formula is C19H23N3O3. The first kappa shape index (κ1) is 16.1. The molecule has 2 aliphatic rings. The molecule has 0 radical (unpaired) electrons. The minimum Gasteiger partial charge on any atom is -0.477 e. The number of hydrogen-bond acceptors (Lipinski definition) is 5. The molecule has 2 atom stereocenters. The fourth-order valence-electron chi connectivity index (χ4n) is 4.40. The quantitative estimate of drug-likeness (QED) is 0.855. The standard InChI is InChI=1S/C19H23N3O3/c1-13-17(14(2)25-21-13)18(23)22-10-15-6-5-8-19(15,11-22)12-24-16-7-3-4-9-20-16/h3-4,7,9,15H,5-6,8,10-12H2,1-2H3/t15-,19+/m1/s1. The number of fused-ring (bicyclic) bond motifs is 1. The monoisotopic (exact) mass is 341 g/mol. The van der Waals surface area contributed by atoms with Crippen LogP contribution in [-0.4, -0.2) is 40.6 Å². The van der Waals surface area contributed by atoms with Crippen molar-refractivity contribution in [3.05, 3.63) is 41.4 Å². The Morgan fingerprint density at radius 2 is 2.32 bits per heavy atom. The first-order valence-electron chi connectivity index (χ1n) is 8.85. The van der Waals surface area contributed by atoms with Gasteiger partial charge in [-0.05, 0) is 38.7 Å². The van der Waals surface area contributed by atoms with Crippen LogP contribution in [0.3, 0.4) is 0 Å². The summed E-state index contributed by atoms with van der Waals surface area (Å²) in [6, 6.07) is 5.68. The Kier molecular flexibility index (Phi) is 3.98. The maximum Gasteiger partial charge on any atom is 0.259 e. The van der Waals surface area contributed by atoms with E-state index in [1.807, 2.05) is 30.0 Å². The summed E-state index contributed by atoms with van der Waals surface area (Å²) in [4.78, 5) is 19.2. The van der Waals surface area contributed by atoms with Crippen molar-refractivity contribution >= 4 is 5.91 Å². The zero-order valence-electron chi connectivity index (χ0n) is 14.7. The highest BCUT2D eigenvalue weighted by Gasteiger charge is 2.51. The summed E-state index contributed by atoms with van der Waals surface area (Å²) in [5.41, 5.74) is 1.31. The maximum absolute atomic E-state index is 13.0. The number of carbonyl (C=O) groups excluding carboxylic acids is 1. The van der Waals surface area contributed by atoms with Crippen molar-refractivity contribution in [2.45, 2.75) is 33.1 Å². The van der Waals surface area contributed by atoms with Gasteiger partial charge < -0.3 is 14.2 Å². The van der Waals surface area contributed by atoms with Crippen LogP contribution in [0.5, 0.6) is 5.88 Å². The summed E-state index contributed by atoms with van der Waals surface area (Å²) < 4.78 is 11.2. The lowest BCUT2D eigenvalue weighted by molar-refractivity contribution is 0.0742. The molecule has 25 heavy (non-hydrogen) atoms. The van der Waals surface area contributed by atoms with Gasteiger partial charge in [0.1, 0.15) is 11.3 Å². The Morgan fingerprint density at radius 3 is 3.04 bits per heavy atom. The molecular weight excluding hydrogens is 318 g/mol. The van der Waals surface area contributed by atoms with Gasteiger partial charge in [-0.15, -0.1) is 0 Å². The number of carbonyl (C=O) groups is 1. The van der Waals surface area contributed by atoms with E-state index in [9.17, 15) is 4.79 Å². The van der Waals surface area contributed by atoms with Crippen molar-refractivity contribution in [3.8, 4) is 5.88 Å². The van der Waals surface area contributed by atoms with Crippen molar-refractivity contribution in [1.29, 1.82) is 0 Å². The van der Waals surface area contributed by atoms with Gasteiger partial charge in [-0.2, -0.15) is 0 Å². The predicted octanol–water partition coefficient (Wildman–Crippen LogP) is 3.01. The van der Waals surface area contributed by atoms with Crippen LogP contribution in [0.1, 0.15) is 41.1 Å². The Bertz CT molecular complexity index is 754. The van der Waals surface area contributed by atoms with E-state index in [4.69, 9.17) is 9.26 Å². The molecule has 1 amide bonds. The summed E-state index contributed by atoms with van der Waals surface area (Å²) in [6.45, 7) is 5.74. The molecule has 0 bridgehead atoms. The molecule has 3 heterocycles. The molecule has 1 saturated heterocycles. The van der Waals surface area contributed by atoms with Crippen molar-refractivity contribution in [2.24, 2.45) is 11.3 Å². The molecule has 2 fully saturated rings. The minimum atomic E-state index is 0.0304. The van der Waals surface area contributed by atoms with Crippen molar-refractivity contribution in [3.63, 3.8) is 0 Å². The summed E-state index contributed by atoms with van der Waals surface area (Å²) in [7, 11) is 0. The van der Waals surface area contributed by atoms with Crippen LogP contribution >= 0.6 is 0 Å². The molecule has 0 unspecified atom stereocenters. The number of rotatable bonds is 4. The van der Waals surface area contributed by atoms with E-state index in [0.29, 0.717) is 35.4 Å². The third-order valence-corrected chi connectivity index (χ3v) is 5.72. The normalized spacial score (nSPS) is 25.2. The third kappa shape index (κ3) is 2.79. The van der Waals surface area contributed by atoms with Crippen LogP contribution in [-0.2, 0) is 0 Å². The Labute approximate surface area is 147 Å². The number of aryl methyl sites for hydroxylation is 2. The summed E-state index contributed by atoms with van der Waals surface area (Å²) in [5.74, 6) is 1.76. The average Bonchev–Trinajstić information content (AvgIpc) is 3.26. The number of hydrogen-bond donors (Lipinski definition) is 0. The van der Waals surface area contributed by atoms with Crippen LogP contribution < -0.4 is 4.74 Å². The SMILES string of the molecule is Cc1noc(C)c1C(=O)N1C[C@H]2CCC[C@@]2(COc2ccccn2)C1. The zero-order chi connectivity index (χ0) is 17.4.